The highest BCUT2D eigenvalue weighted by Crippen LogP contribution is 2.23. The van der Waals surface area contributed by atoms with Crippen LogP contribution in [0.4, 0.5) is 0 Å². The molecule has 1 N–H and O–H groups in total. The molecular weight excluding hydrogens is 274 g/mol. The molecule has 0 aromatic heterocycles. The lowest BCUT2D eigenvalue weighted by Crippen LogP contribution is -2.40. The van der Waals surface area contributed by atoms with Gasteiger partial charge in [-0.2, -0.15) is 0 Å². The van der Waals surface area contributed by atoms with E-state index in [0.29, 0.717) is 12.3 Å². The zero-order valence-electron chi connectivity index (χ0n) is 14.2. The summed E-state index contributed by atoms with van der Waals surface area (Å²) in [5, 5.41) is 3.09. The Morgan fingerprint density at radius 2 is 2.00 bits per heavy atom. The number of amides is 1. The van der Waals surface area contributed by atoms with Gasteiger partial charge in [0.15, 0.2) is 6.10 Å². The van der Waals surface area contributed by atoms with E-state index in [4.69, 9.17) is 4.74 Å². The minimum atomic E-state index is -0.399. The number of carbonyl (C=O) groups is 1. The average Bonchev–Trinajstić information content (AvgIpc) is 2.54. The third kappa shape index (κ3) is 4.75. The van der Waals surface area contributed by atoms with E-state index < -0.39 is 6.10 Å². The standard InChI is InChI=1S/C19H29NO2/c1-4-17(22-18-12-14(2)10-11-15(18)3)19(21)20-13-16-8-6-5-7-9-16/h10-12,16-17H,4-9,13H2,1-3H3,(H,20,21)/t17-/m1/s1. The molecule has 1 fully saturated rings. The van der Waals surface area contributed by atoms with Crippen molar-refractivity contribution < 1.29 is 9.53 Å². The first-order valence-corrected chi connectivity index (χ1v) is 8.61. The second kappa shape index (κ2) is 8.21. The molecule has 1 atom stereocenters. The zero-order chi connectivity index (χ0) is 15.9. The Labute approximate surface area is 134 Å². The number of ether oxygens (including phenoxy) is 1. The van der Waals surface area contributed by atoms with Crippen LogP contribution in [-0.2, 0) is 4.79 Å². The van der Waals surface area contributed by atoms with Crippen LogP contribution in [0.15, 0.2) is 18.2 Å². The predicted molar refractivity (Wildman–Crippen MR) is 90.2 cm³/mol. The third-order valence-corrected chi connectivity index (χ3v) is 4.57. The van der Waals surface area contributed by atoms with Gasteiger partial charge in [0, 0.05) is 6.54 Å². The molecular formula is C19H29NO2. The summed E-state index contributed by atoms with van der Waals surface area (Å²) in [5.41, 5.74) is 2.22. The fourth-order valence-corrected chi connectivity index (χ4v) is 3.06. The predicted octanol–water partition coefficient (Wildman–Crippen LogP) is 4.16. The lowest BCUT2D eigenvalue weighted by atomic mass is 9.89. The number of aryl methyl sites for hydroxylation is 2. The lowest BCUT2D eigenvalue weighted by molar-refractivity contribution is -0.128. The quantitative estimate of drug-likeness (QED) is 0.857. The second-order valence-electron chi connectivity index (χ2n) is 6.53. The Balaban J connectivity index is 1.89. The molecule has 1 aromatic rings. The van der Waals surface area contributed by atoms with Crippen LogP contribution in [0.1, 0.15) is 56.6 Å². The van der Waals surface area contributed by atoms with Crippen molar-refractivity contribution in [2.75, 3.05) is 6.54 Å². The summed E-state index contributed by atoms with van der Waals surface area (Å²) in [6.45, 7) is 6.85. The molecule has 2 rings (SSSR count). The van der Waals surface area contributed by atoms with Crippen LogP contribution in [0.2, 0.25) is 0 Å². The van der Waals surface area contributed by atoms with Crippen LogP contribution in [0.5, 0.6) is 5.75 Å². The van der Waals surface area contributed by atoms with Gasteiger partial charge in [-0.25, -0.2) is 0 Å². The van der Waals surface area contributed by atoms with E-state index in [1.54, 1.807) is 0 Å². The summed E-state index contributed by atoms with van der Waals surface area (Å²) < 4.78 is 5.96. The van der Waals surface area contributed by atoms with Crippen molar-refractivity contribution in [3.8, 4) is 5.75 Å². The molecule has 1 aromatic carbocycles. The highest BCUT2D eigenvalue weighted by Gasteiger charge is 2.21. The summed E-state index contributed by atoms with van der Waals surface area (Å²) in [5.74, 6) is 1.49. The molecule has 0 bridgehead atoms. The van der Waals surface area contributed by atoms with Crippen LogP contribution >= 0.6 is 0 Å². The number of hydrogen-bond donors (Lipinski definition) is 1. The van der Waals surface area contributed by atoms with Gasteiger partial charge in [-0.1, -0.05) is 38.3 Å². The van der Waals surface area contributed by atoms with Crippen LogP contribution in [0.3, 0.4) is 0 Å². The highest BCUT2D eigenvalue weighted by molar-refractivity contribution is 5.81. The minimum absolute atomic E-state index is 0.0222. The van der Waals surface area contributed by atoms with Crippen LogP contribution < -0.4 is 10.1 Å². The summed E-state index contributed by atoms with van der Waals surface area (Å²) in [4.78, 5) is 12.4. The Hall–Kier alpha value is -1.51. The number of nitrogens with one attached hydrogen (secondary N) is 1. The summed E-state index contributed by atoms with van der Waals surface area (Å²) in [6.07, 6.45) is 6.72. The lowest BCUT2D eigenvalue weighted by Gasteiger charge is -2.24. The van der Waals surface area contributed by atoms with E-state index in [9.17, 15) is 4.79 Å². The molecule has 1 amide bonds. The maximum absolute atomic E-state index is 12.4. The van der Waals surface area contributed by atoms with Crippen molar-refractivity contribution >= 4 is 5.91 Å². The molecule has 0 aliphatic heterocycles. The maximum atomic E-state index is 12.4. The Morgan fingerprint density at radius 1 is 1.27 bits per heavy atom. The first-order valence-electron chi connectivity index (χ1n) is 8.61. The summed E-state index contributed by atoms with van der Waals surface area (Å²) in [6, 6.07) is 6.11. The molecule has 122 valence electrons. The number of rotatable bonds is 6. The van der Waals surface area contributed by atoms with Crippen molar-refractivity contribution in [1.29, 1.82) is 0 Å². The van der Waals surface area contributed by atoms with Gasteiger partial charge in [0.1, 0.15) is 5.75 Å². The van der Waals surface area contributed by atoms with Gasteiger partial charge in [-0.15, -0.1) is 0 Å². The van der Waals surface area contributed by atoms with Crippen molar-refractivity contribution in [3.05, 3.63) is 29.3 Å². The van der Waals surface area contributed by atoms with Crippen LogP contribution in [0, 0.1) is 19.8 Å². The number of hydrogen-bond acceptors (Lipinski definition) is 2. The van der Waals surface area contributed by atoms with E-state index in [2.05, 4.69) is 11.4 Å². The van der Waals surface area contributed by atoms with Gasteiger partial charge < -0.3 is 10.1 Å². The van der Waals surface area contributed by atoms with Gasteiger partial charge >= 0.3 is 0 Å². The largest absolute Gasteiger partial charge is 0.480 e. The average molecular weight is 303 g/mol. The van der Waals surface area contributed by atoms with Gasteiger partial charge in [0.05, 0.1) is 0 Å². The van der Waals surface area contributed by atoms with Gasteiger partial charge in [-0.3, -0.25) is 4.79 Å². The molecule has 0 saturated heterocycles. The van der Waals surface area contributed by atoms with Gasteiger partial charge in [0.25, 0.3) is 5.91 Å². The van der Waals surface area contributed by atoms with Gasteiger partial charge in [-0.05, 0) is 56.2 Å². The maximum Gasteiger partial charge on any atom is 0.261 e. The first-order chi connectivity index (χ1) is 10.6. The molecule has 0 unspecified atom stereocenters. The fourth-order valence-electron chi connectivity index (χ4n) is 3.06. The molecule has 0 radical (unpaired) electrons. The van der Waals surface area contributed by atoms with E-state index in [1.807, 2.05) is 32.9 Å². The van der Waals surface area contributed by atoms with E-state index in [-0.39, 0.29) is 5.91 Å². The SMILES string of the molecule is CC[C@@H](Oc1cc(C)ccc1C)C(=O)NCC1CCCCC1. The van der Waals surface area contributed by atoms with Crippen molar-refractivity contribution in [3.63, 3.8) is 0 Å². The van der Waals surface area contributed by atoms with E-state index in [0.717, 1.165) is 23.4 Å². The summed E-state index contributed by atoms with van der Waals surface area (Å²) in [7, 11) is 0. The molecule has 0 spiro atoms. The monoisotopic (exact) mass is 303 g/mol. The Kier molecular flexibility index (Phi) is 6.29. The molecule has 1 saturated carbocycles. The van der Waals surface area contributed by atoms with Crippen LogP contribution in [-0.4, -0.2) is 18.6 Å². The molecule has 22 heavy (non-hydrogen) atoms. The fraction of sp³-hybridized carbons (Fsp3) is 0.632. The van der Waals surface area contributed by atoms with Gasteiger partial charge in [0.2, 0.25) is 0 Å². The molecule has 1 aliphatic rings. The normalized spacial score (nSPS) is 17.0. The van der Waals surface area contributed by atoms with E-state index >= 15 is 0 Å². The molecule has 1 aliphatic carbocycles. The minimum Gasteiger partial charge on any atom is -0.480 e. The topological polar surface area (TPSA) is 38.3 Å². The van der Waals surface area contributed by atoms with Crippen molar-refractivity contribution in [1.82, 2.24) is 5.32 Å². The smallest absolute Gasteiger partial charge is 0.261 e. The van der Waals surface area contributed by atoms with Crippen LogP contribution in [0.25, 0.3) is 0 Å². The Morgan fingerprint density at radius 3 is 2.68 bits per heavy atom. The number of carbonyl (C=O) groups excluding carboxylic acids is 1. The van der Waals surface area contributed by atoms with E-state index in [1.165, 1.54) is 32.1 Å². The molecule has 3 heteroatoms. The van der Waals surface area contributed by atoms with Crippen molar-refractivity contribution in [2.24, 2.45) is 5.92 Å². The first kappa shape index (κ1) is 16.9. The second-order valence-corrected chi connectivity index (χ2v) is 6.53. The Bertz CT molecular complexity index is 492. The molecule has 0 heterocycles. The highest BCUT2D eigenvalue weighted by atomic mass is 16.5. The third-order valence-electron chi connectivity index (χ3n) is 4.57. The molecule has 3 nitrogen and oxygen atoms in total. The number of benzene rings is 1. The summed E-state index contributed by atoms with van der Waals surface area (Å²) >= 11 is 0. The zero-order valence-corrected chi connectivity index (χ0v) is 14.2. The van der Waals surface area contributed by atoms with Crippen molar-refractivity contribution in [2.45, 2.75) is 65.4 Å².